The molecule has 1 fully saturated rings. The van der Waals surface area contributed by atoms with E-state index in [0.29, 0.717) is 6.54 Å². The minimum atomic E-state index is -0.0828. The first-order chi connectivity index (χ1) is 6.63. The van der Waals surface area contributed by atoms with Crippen LogP contribution in [0.4, 0.5) is 0 Å². The van der Waals surface area contributed by atoms with Gasteiger partial charge in [0, 0.05) is 12.5 Å². The summed E-state index contributed by atoms with van der Waals surface area (Å²) in [4.78, 5) is 11.7. The lowest BCUT2D eigenvalue weighted by Crippen LogP contribution is -2.53. The molecule has 1 saturated carbocycles. The van der Waals surface area contributed by atoms with Gasteiger partial charge in [0.05, 0.1) is 5.54 Å². The summed E-state index contributed by atoms with van der Waals surface area (Å²) in [6.07, 6.45) is 5.37. The smallest absolute Gasteiger partial charge is 0.223 e. The fourth-order valence-electron chi connectivity index (χ4n) is 2.00. The van der Waals surface area contributed by atoms with E-state index in [4.69, 9.17) is 5.73 Å². The van der Waals surface area contributed by atoms with Crippen molar-refractivity contribution in [1.29, 1.82) is 0 Å². The number of carbonyl (C=O) groups is 1. The largest absolute Gasteiger partial charge is 0.349 e. The molecule has 1 aliphatic carbocycles. The molecule has 1 atom stereocenters. The molecule has 0 aromatic rings. The number of carbonyl (C=O) groups excluding carboxylic acids is 1. The Labute approximate surface area is 86.4 Å². The van der Waals surface area contributed by atoms with Gasteiger partial charge in [0.2, 0.25) is 5.91 Å². The van der Waals surface area contributed by atoms with Crippen LogP contribution in [0.5, 0.6) is 0 Å². The molecule has 0 aromatic carbocycles. The molecule has 0 bridgehead atoms. The number of hydrogen-bond acceptors (Lipinski definition) is 2. The van der Waals surface area contributed by atoms with E-state index in [1.165, 1.54) is 12.8 Å². The van der Waals surface area contributed by atoms with E-state index < -0.39 is 0 Å². The zero-order valence-electron chi connectivity index (χ0n) is 9.31. The first kappa shape index (κ1) is 11.5. The Kier molecular flexibility index (Phi) is 3.93. The standard InChI is InChI=1S/C11H22N2O/c1-3-9(2)10(14)13-11(8-12)6-4-5-7-11/h9H,3-8,12H2,1-2H3,(H,13,14). The Bertz CT molecular complexity index is 197. The van der Waals surface area contributed by atoms with Gasteiger partial charge in [-0.05, 0) is 19.3 Å². The number of nitrogens with one attached hydrogen (secondary N) is 1. The predicted octanol–water partition coefficient (Wildman–Crippen LogP) is 1.42. The van der Waals surface area contributed by atoms with Crippen LogP contribution in [0.15, 0.2) is 0 Å². The number of rotatable bonds is 4. The van der Waals surface area contributed by atoms with Gasteiger partial charge in [-0.1, -0.05) is 26.7 Å². The molecule has 1 rings (SSSR count). The molecular weight excluding hydrogens is 176 g/mol. The van der Waals surface area contributed by atoms with Crippen molar-refractivity contribution in [1.82, 2.24) is 5.32 Å². The molecule has 0 saturated heterocycles. The van der Waals surface area contributed by atoms with Gasteiger partial charge < -0.3 is 11.1 Å². The third-order valence-corrected chi connectivity index (χ3v) is 3.40. The van der Waals surface area contributed by atoms with E-state index in [-0.39, 0.29) is 17.4 Å². The Morgan fingerprint density at radius 1 is 1.50 bits per heavy atom. The fraction of sp³-hybridized carbons (Fsp3) is 0.909. The van der Waals surface area contributed by atoms with E-state index in [2.05, 4.69) is 5.32 Å². The second kappa shape index (κ2) is 4.78. The van der Waals surface area contributed by atoms with Crippen LogP contribution in [0.25, 0.3) is 0 Å². The maximum atomic E-state index is 11.7. The lowest BCUT2D eigenvalue weighted by atomic mass is 9.96. The van der Waals surface area contributed by atoms with E-state index in [1.807, 2.05) is 13.8 Å². The highest BCUT2D eigenvalue weighted by atomic mass is 16.2. The lowest BCUT2D eigenvalue weighted by Gasteiger charge is -2.30. The molecule has 1 aliphatic rings. The monoisotopic (exact) mass is 198 g/mol. The summed E-state index contributed by atoms with van der Waals surface area (Å²) in [5.41, 5.74) is 5.66. The van der Waals surface area contributed by atoms with Crippen LogP contribution in [0, 0.1) is 5.92 Å². The molecule has 0 heterocycles. The molecule has 0 aromatic heterocycles. The van der Waals surface area contributed by atoms with Crippen LogP contribution in [0.2, 0.25) is 0 Å². The zero-order valence-corrected chi connectivity index (χ0v) is 9.31. The summed E-state index contributed by atoms with van der Waals surface area (Å²) in [6.45, 7) is 4.58. The van der Waals surface area contributed by atoms with Crippen molar-refractivity contribution in [2.75, 3.05) is 6.54 Å². The van der Waals surface area contributed by atoms with Gasteiger partial charge in [0.1, 0.15) is 0 Å². The molecule has 82 valence electrons. The highest BCUT2D eigenvalue weighted by Gasteiger charge is 2.34. The molecule has 3 nitrogen and oxygen atoms in total. The van der Waals surface area contributed by atoms with Crippen LogP contribution >= 0.6 is 0 Å². The lowest BCUT2D eigenvalue weighted by molar-refractivity contribution is -0.126. The normalized spacial score (nSPS) is 21.9. The number of amides is 1. The highest BCUT2D eigenvalue weighted by Crippen LogP contribution is 2.28. The van der Waals surface area contributed by atoms with Gasteiger partial charge in [-0.3, -0.25) is 4.79 Å². The van der Waals surface area contributed by atoms with E-state index >= 15 is 0 Å². The van der Waals surface area contributed by atoms with Crippen molar-refractivity contribution in [3.63, 3.8) is 0 Å². The predicted molar refractivity (Wildman–Crippen MR) is 57.9 cm³/mol. The van der Waals surface area contributed by atoms with Gasteiger partial charge >= 0.3 is 0 Å². The molecule has 3 heteroatoms. The number of nitrogens with two attached hydrogens (primary N) is 1. The van der Waals surface area contributed by atoms with Crippen LogP contribution < -0.4 is 11.1 Å². The second-order valence-corrected chi connectivity index (χ2v) is 4.49. The average molecular weight is 198 g/mol. The molecule has 0 radical (unpaired) electrons. The topological polar surface area (TPSA) is 55.1 Å². The van der Waals surface area contributed by atoms with Gasteiger partial charge in [0.15, 0.2) is 0 Å². The molecule has 1 unspecified atom stereocenters. The Hall–Kier alpha value is -0.570. The maximum Gasteiger partial charge on any atom is 0.223 e. The van der Waals surface area contributed by atoms with E-state index in [0.717, 1.165) is 19.3 Å². The first-order valence-electron chi connectivity index (χ1n) is 5.65. The Morgan fingerprint density at radius 3 is 2.50 bits per heavy atom. The van der Waals surface area contributed by atoms with Crippen molar-refractivity contribution in [3.05, 3.63) is 0 Å². The third-order valence-electron chi connectivity index (χ3n) is 3.40. The molecule has 3 N–H and O–H groups in total. The summed E-state index contributed by atoms with van der Waals surface area (Å²) >= 11 is 0. The molecule has 0 spiro atoms. The van der Waals surface area contributed by atoms with E-state index in [1.54, 1.807) is 0 Å². The van der Waals surface area contributed by atoms with Crippen molar-refractivity contribution in [2.24, 2.45) is 11.7 Å². The summed E-state index contributed by atoms with van der Waals surface area (Å²) in [5, 5.41) is 3.13. The minimum absolute atomic E-state index is 0.0828. The van der Waals surface area contributed by atoms with Gasteiger partial charge in [-0.25, -0.2) is 0 Å². The maximum absolute atomic E-state index is 11.7. The fourth-order valence-corrected chi connectivity index (χ4v) is 2.00. The van der Waals surface area contributed by atoms with Gasteiger partial charge in [0.25, 0.3) is 0 Å². The third kappa shape index (κ3) is 2.47. The van der Waals surface area contributed by atoms with E-state index in [9.17, 15) is 4.79 Å². The highest BCUT2D eigenvalue weighted by molar-refractivity contribution is 5.79. The molecule has 14 heavy (non-hydrogen) atoms. The zero-order chi connectivity index (χ0) is 10.6. The SMILES string of the molecule is CCC(C)C(=O)NC1(CN)CCCC1. The minimum Gasteiger partial charge on any atom is -0.349 e. The summed E-state index contributed by atoms with van der Waals surface area (Å²) in [5.74, 6) is 0.277. The number of hydrogen-bond donors (Lipinski definition) is 2. The van der Waals surface area contributed by atoms with Crippen molar-refractivity contribution < 1.29 is 4.79 Å². The Balaban J connectivity index is 2.52. The molecule has 0 aliphatic heterocycles. The second-order valence-electron chi connectivity index (χ2n) is 4.49. The van der Waals surface area contributed by atoms with Crippen LogP contribution in [-0.4, -0.2) is 18.0 Å². The van der Waals surface area contributed by atoms with Crippen LogP contribution in [0.3, 0.4) is 0 Å². The quantitative estimate of drug-likeness (QED) is 0.718. The van der Waals surface area contributed by atoms with Crippen LogP contribution in [0.1, 0.15) is 46.0 Å². The summed E-state index contributed by atoms with van der Waals surface area (Å²) in [6, 6.07) is 0. The van der Waals surface area contributed by atoms with Gasteiger partial charge in [-0.15, -0.1) is 0 Å². The van der Waals surface area contributed by atoms with Crippen molar-refractivity contribution in [2.45, 2.75) is 51.5 Å². The summed E-state index contributed by atoms with van der Waals surface area (Å²) in [7, 11) is 0. The Morgan fingerprint density at radius 2 is 2.07 bits per heavy atom. The van der Waals surface area contributed by atoms with Crippen molar-refractivity contribution >= 4 is 5.91 Å². The van der Waals surface area contributed by atoms with Crippen LogP contribution in [-0.2, 0) is 4.79 Å². The average Bonchev–Trinajstić information content (AvgIpc) is 2.65. The van der Waals surface area contributed by atoms with Gasteiger partial charge in [-0.2, -0.15) is 0 Å². The summed E-state index contributed by atoms with van der Waals surface area (Å²) < 4.78 is 0. The first-order valence-corrected chi connectivity index (χ1v) is 5.65. The molecule has 1 amide bonds. The van der Waals surface area contributed by atoms with Crippen molar-refractivity contribution in [3.8, 4) is 0 Å². The molecular formula is C11H22N2O.